The highest BCUT2D eigenvalue weighted by molar-refractivity contribution is 5.84. The molecule has 1 N–H and O–H groups in total. The summed E-state index contributed by atoms with van der Waals surface area (Å²) in [6.45, 7) is 0.424. The van der Waals surface area contributed by atoms with Gasteiger partial charge in [0, 0.05) is 12.8 Å². The van der Waals surface area contributed by atoms with Crippen molar-refractivity contribution < 1.29 is 14.6 Å². The third kappa shape index (κ3) is 2.43. The zero-order valence-corrected chi connectivity index (χ0v) is 8.43. The predicted octanol–water partition coefficient (Wildman–Crippen LogP) is 0.948. The van der Waals surface area contributed by atoms with Crippen molar-refractivity contribution in [3.05, 3.63) is 35.9 Å². The first-order valence-corrected chi connectivity index (χ1v) is 5.13. The summed E-state index contributed by atoms with van der Waals surface area (Å²) < 4.78 is 5.39. The maximum atomic E-state index is 11.3. The maximum Gasteiger partial charge on any atom is 0.166 e. The largest absolute Gasteiger partial charge is 0.383 e. The molecular weight excluding hydrogens is 192 g/mol. The molecule has 0 spiro atoms. The summed E-state index contributed by atoms with van der Waals surface area (Å²) in [6.07, 6.45) is -0.423. The van der Waals surface area contributed by atoms with Crippen LogP contribution >= 0.6 is 0 Å². The number of aliphatic hydroxyl groups is 1. The quantitative estimate of drug-likeness (QED) is 0.783. The number of hydrogen-bond donors (Lipinski definition) is 1. The minimum atomic E-state index is -0.959. The average molecular weight is 206 g/mol. The fourth-order valence-electron chi connectivity index (χ4n) is 1.77. The van der Waals surface area contributed by atoms with Gasteiger partial charge in [0.05, 0.1) is 12.7 Å². The summed E-state index contributed by atoms with van der Waals surface area (Å²) in [5.41, 5.74) is 1.08. The number of ketones is 1. The minimum Gasteiger partial charge on any atom is -0.383 e. The van der Waals surface area contributed by atoms with E-state index in [-0.39, 0.29) is 11.9 Å². The summed E-state index contributed by atoms with van der Waals surface area (Å²) in [5, 5.41) is 9.62. The second-order valence-electron chi connectivity index (χ2n) is 3.76. The molecule has 0 aliphatic carbocycles. The highest BCUT2D eigenvalue weighted by atomic mass is 16.5. The maximum absolute atomic E-state index is 11.3. The van der Waals surface area contributed by atoms with E-state index in [9.17, 15) is 9.90 Å². The zero-order valence-electron chi connectivity index (χ0n) is 8.43. The first kappa shape index (κ1) is 10.3. The third-order valence-electron chi connectivity index (χ3n) is 2.64. The smallest absolute Gasteiger partial charge is 0.166 e. The van der Waals surface area contributed by atoms with Crippen LogP contribution in [0.15, 0.2) is 30.3 Å². The van der Waals surface area contributed by atoms with Gasteiger partial charge >= 0.3 is 0 Å². The van der Waals surface area contributed by atoms with Gasteiger partial charge in [-0.2, -0.15) is 0 Å². The van der Waals surface area contributed by atoms with Gasteiger partial charge in [0.1, 0.15) is 6.10 Å². The number of Topliss-reactive ketones (excluding diaryl/α,β-unsaturated/α-hetero) is 1. The predicted molar refractivity (Wildman–Crippen MR) is 55.5 cm³/mol. The summed E-state index contributed by atoms with van der Waals surface area (Å²) in [7, 11) is 0. The van der Waals surface area contributed by atoms with Crippen molar-refractivity contribution in [2.24, 2.45) is 0 Å². The first-order chi connectivity index (χ1) is 7.27. The molecule has 1 aromatic carbocycles. The van der Waals surface area contributed by atoms with Gasteiger partial charge in [0.25, 0.3) is 0 Å². The lowest BCUT2D eigenvalue weighted by Gasteiger charge is -2.26. The topological polar surface area (TPSA) is 46.5 Å². The van der Waals surface area contributed by atoms with E-state index in [2.05, 4.69) is 0 Å². The van der Waals surface area contributed by atoms with Gasteiger partial charge in [-0.05, 0) is 5.56 Å². The van der Waals surface area contributed by atoms with Crippen LogP contribution in [0.3, 0.4) is 0 Å². The molecule has 80 valence electrons. The van der Waals surface area contributed by atoms with E-state index >= 15 is 0 Å². The number of carbonyl (C=O) groups is 1. The molecule has 0 aromatic heterocycles. The Morgan fingerprint density at radius 3 is 2.80 bits per heavy atom. The van der Waals surface area contributed by atoms with Crippen molar-refractivity contribution in [2.75, 3.05) is 6.61 Å². The standard InChI is InChI=1S/C12H14O3/c13-10-6-7-15-11(12(10)14)8-9-4-2-1-3-5-9/h1-5,11-12,14H,6-8H2/t11-,12+/m1/s1. The van der Waals surface area contributed by atoms with E-state index in [1.807, 2.05) is 30.3 Å². The van der Waals surface area contributed by atoms with Crippen LogP contribution in [0.4, 0.5) is 0 Å². The molecule has 1 aliphatic rings. The molecule has 3 nitrogen and oxygen atoms in total. The number of carbonyl (C=O) groups excluding carboxylic acids is 1. The van der Waals surface area contributed by atoms with Gasteiger partial charge < -0.3 is 9.84 Å². The van der Waals surface area contributed by atoms with Crippen molar-refractivity contribution in [2.45, 2.75) is 25.0 Å². The van der Waals surface area contributed by atoms with E-state index in [0.29, 0.717) is 19.4 Å². The molecule has 1 fully saturated rings. The third-order valence-corrected chi connectivity index (χ3v) is 2.64. The van der Waals surface area contributed by atoms with E-state index in [1.165, 1.54) is 0 Å². The highest BCUT2D eigenvalue weighted by Gasteiger charge is 2.30. The van der Waals surface area contributed by atoms with Crippen LogP contribution < -0.4 is 0 Å². The van der Waals surface area contributed by atoms with E-state index in [4.69, 9.17) is 4.74 Å². The Labute approximate surface area is 88.7 Å². The average Bonchev–Trinajstić information content (AvgIpc) is 2.26. The molecule has 1 aliphatic heterocycles. The molecular formula is C12H14O3. The molecule has 1 aromatic rings. The lowest BCUT2D eigenvalue weighted by atomic mass is 9.98. The van der Waals surface area contributed by atoms with Gasteiger partial charge in [-0.25, -0.2) is 0 Å². The zero-order chi connectivity index (χ0) is 10.7. The number of rotatable bonds is 2. The molecule has 2 atom stereocenters. The molecule has 15 heavy (non-hydrogen) atoms. The van der Waals surface area contributed by atoms with E-state index < -0.39 is 6.10 Å². The Kier molecular flexibility index (Phi) is 3.14. The van der Waals surface area contributed by atoms with Crippen molar-refractivity contribution >= 4 is 5.78 Å². The van der Waals surface area contributed by atoms with Crippen LogP contribution in [0.1, 0.15) is 12.0 Å². The molecule has 0 bridgehead atoms. The molecule has 1 heterocycles. The van der Waals surface area contributed by atoms with Crippen LogP contribution in [0, 0.1) is 0 Å². The number of benzene rings is 1. The second kappa shape index (κ2) is 4.55. The highest BCUT2D eigenvalue weighted by Crippen LogP contribution is 2.15. The molecule has 0 amide bonds. The van der Waals surface area contributed by atoms with Crippen molar-refractivity contribution in [3.63, 3.8) is 0 Å². The number of ether oxygens (including phenoxy) is 1. The van der Waals surface area contributed by atoms with Crippen LogP contribution in [-0.2, 0) is 16.0 Å². The Morgan fingerprint density at radius 2 is 2.07 bits per heavy atom. The van der Waals surface area contributed by atoms with Crippen molar-refractivity contribution in [1.29, 1.82) is 0 Å². The summed E-state index contributed by atoms with van der Waals surface area (Å²) in [4.78, 5) is 11.3. The van der Waals surface area contributed by atoms with Crippen LogP contribution in [0.25, 0.3) is 0 Å². The SMILES string of the molecule is O=C1CCO[C@H](Cc2ccccc2)[C@H]1O. The van der Waals surface area contributed by atoms with Crippen LogP contribution in [0.5, 0.6) is 0 Å². The molecule has 0 saturated carbocycles. The van der Waals surface area contributed by atoms with E-state index in [0.717, 1.165) is 5.56 Å². The fraction of sp³-hybridized carbons (Fsp3) is 0.417. The first-order valence-electron chi connectivity index (χ1n) is 5.13. The molecule has 3 heteroatoms. The lowest BCUT2D eigenvalue weighted by molar-refractivity contribution is -0.146. The van der Waals surface area contributed by atoms with Crippen LogP contribution in [0.2, 0.25) is 0 Å². The Balaban J connectivity index is 2.02. The molecule has 1 saturated heterocycles. The Bertz CT molecular complexity index is 334. The van der Waals surface area contributed by atoms with Crippen molar-refractivity contribution in [3.8, 4) is 0 Å². The molecule has 0 radical (unpaired) electrons. The van der Waals surface area contributed by atoms with Gasteiger partial charge in [-0.3, -0.25) is 4.79 Å². The normalized spacial score (nSPS) is 26.6. The monoisotopic (exact) mass is 206 g/mol. The van der Waals surface area contributed by atoms with Gasteiger partial charge in [-0.1, -0.05) is 30.3 Å². The van der Waals surface area contributed by atoms with Crippen molar-refractivity contribution in [1.82, 2.24) is 0 Å². The summed E-state index contributed by atoms with van der Waals surface area (Å²) >= 11 is 0. The number of hydrogen-bond acceptors (Lipinski definition) is 3. The van der Waals surface area contributed by atoms with Gasteiger partial charge in [0.15, 0.2) is 5.78 Å². The van der Waals surface area contributed by atoms with Gasteiger partial charge in [-0.15, -0.1) is 0 Å². The Morgan fingerprint density at radius 1 is 1.33 bits per heavy atom. The molecule has 2 rings (SSSR count). The lowest BCUT2D eigenvalue weighted by Crippen LogP contribution is -2.42. The van der Waals surface area contributed by atoms with Crippen LogP contribution in [-0.4, -0.2) is 29.7 Å². The van der Waals surface area contributed by atoms with Gasteiger partial charge in [0.2, 0.25) is 0 Å². The fourth-order valence-corrected chi connectivity index (χ4v) is 1.77. The second-order valence-corrected chi connectivity index (χ2v) is 3.76. The molecule has 0 unspecified atom stereocenters. The number of aliphatic hydroxyl groups excluding tert-OH is 1. The minimum absolute atomic E-state index is 0.109. The Hall–Kier alpha value is -1.19. The van der Waals surface area contributed by atoms with E-state index in [1.54, 1.807) is 0 Å². The summed E-state index contributed by atoms with van der Waals surface area (Å²) in [6, 6.07) is 9.75. The summed E-state index contributed by atoms with van der Waals surface area (Å²) in [5.74, 6) is -0.109.